The number of nitrogens with one attached hydrogen (secondary N) is 1. The van der Waals surface area contributed by atoms with Crippen molar-refractivity contribution in [2.75, 3.05) is 44.3 Å². The standard InChI is InChI=1S/C24H29N3O2S/c1-16-5-7-20(15-18(16)3)23(28)27(10-9-26-11-13-29-14-12-26)24-25-22-19(4)17(2)6-8-21(22)30-24/h5-8,15H,9-14H2,1-4H3/p+1. The molecule has 1 N–H and O–H groups in total. The lowest BCUT2D eigenvalue weighted by atomic mass is 10.1. The van der Waals surface area contributed by atoms with Crippen LogP contribution in [0.2, 0.25) is 0 Å². The maximum Gasteiger partial charge on any atom is 0.260 e. The largest absolute Gasteiger partial charge is 0.370 e. The Bertz CT molecular complexity index is 1070. The first kappa shape index (κ1) is 21.0. The molecule has 6 heteroatoms. The van der Waals surface area contributed by atoms with Gasteiger partial charge in [0.2, 0.25) is 0 Å². The zero-order valence-corrected chi connectivity index (χ0v) is 19.1. The third-order valence-corrected chi connectivity index (χ3v) is 7.24. The third kappa shape index (κ3) is 4.26. The summed E-state index contributed by atoms with van der Waals surface area (Å²) in [7, 11) is 0. The Morgan fingerprint density at radius 3 is 2.53 bits per heavy atom. The minimum Gasteiger partial charge on any atom is -0.370 e. The van der Waals surface area contributed by atoms with E-state index in [1.807, 2.05) is 23.1 Å². The summed E-state index contributed by atoms with van der Waals surface area (Å²) in [5.41, 5.74) is 6.47. The van der Waals surface area contributed by atoms with Gasteiger partial charge in [-0.2, -0.15) is 0 Å². The number of morpholine rings is 1. The van der Waals surface area contributed by atoms with E-state index in [1.165, 1.54) is 21.6 Å². The lowest BCUT2D eigenvalue weighted by Gasteiger charge is -2.27. The highest BCUT2D eigenvalue weighted by atomic mass is 32.1. The number of thiazole rings is 1. The Morgan fingerprint density at radius 2 is 1.80 bits per heavy atom. The Kier molecular flexibility index (Phi) is 6.18. The number of benzene rings is 2. The second-order valence-electron chi connectivity index (χ2n) is 8.22. The van der Waals surface area contributed by atoms with Crippen LogP contribution in [0.15, 0.2) is 30.3 Å². The van der Waals surface area contributed by atoms with Crippen molar-refractivity contribution in [1.82, 2.24) is 4.98 Å². The highest BCUT2D eigenvalue weighted by molar-refractivity contribution is 7.22. The van der Waals surface area contributed by atoms with E-state index in [-0.39, 0.29) is 5.91 Å². The first-order valence-electron chi connectivity index (χ1n) is 10.6. The fourth-order valence-electron chi connectivity index (χ4n) is 3.82. The molecular weight excluding hydrogens is 394 g/mol. The molecule has 30 heavy (non-hydrogen) atoms. The number of rotatable bonds is 5. The lowest BCUT2D eigenvalue weighted by Crippen LogP contribution is -3.14. The average Bonchev–Trinajstić information content (AvgIpc) is 3.18. The van der Waals surface area contributed by atoms with Crippen LogP contribution in [0.4, 0.5) is 5.13 Å². The van der Waals surface area contributed by atoms with Crippen molar-refractivity contribution in [3.05, 3.63) is 58.1 Å². The molecule has 1 aliphatic heterocycles. The van der Waals surface area contributed by atoms with E-state index in [4.69, 9.17) is 9.72 Å². The van der Waals surface area contributed by atoms with Gasteiger partial charge in [0.05, 0.1) is 36.5 Å². The minimum atomic E-state index is 0.0270. The van der Waals surface area contributed by atoms with Crippen LogP contribution in [-0.2, 0) is 4.74 Å². The first-order chi connectivity index (χ1) is 14.4. The van der Waals surface area contributed by atoms with Gasteiger partial charge in [-0.25, -0.2) is 4.98 Å². The molecule has 5 nitrogen and oxygen atoms in total. The maximum absolute atomic E-state index is 13.6. The van der Waals surface area contributed by atoms with Gasteiger partial charge in [-0.05, 0) is 68.1 Å². The molecule has 1 aliphatic rings. The van der Waals surface area contributed by atoms with Crippen molar-refractivity contribution < 1.29 is 14.4 Å². The number of ether oxygens (including phenoxy) is 1. The predicted octanol–water partition coefficient (Wildman–Crippen LogP) is 3.09. The van der Waals surface area contributed by atoms with Gasteiger partial charge in [0.25, 0.3) is 5.91 Å². The number of hydrogen-bond acceptors (Lipinski definition) is 4. The van der Waals surface area contributed by atoms with Gasteiger partial charge in [-0.15, -0.1) is 0 Å². The SMILES string of the molecule is Cc1ccc(C(=O)N(CC[NH+]2CCOCC2)c2nc3c(C)c(C)ccc3s2)cc1C. The summed E-state index contributed by atoms with van der Waals surface area (Å²) >= 11 is 1.61. The molecule has 3 aromatic rings. The number of nitrogens with zero attached hydrogens (tertiary/aromatic N) is 2. The monoisotopic (exact) mass is 424 g/mol. The van der Waals surface area contributed by atoms with E-state index < -0.39 is 0 Å². The maximum atomic E-state index is 13.6. The van der Waals surface area contributed by atoms with Gasteiger partial charge in [0, 0.05) is 5.56 Å². The Balaban J connectivity index is 1.68. The molecule has 0 aliphatic carbocycles. The van der Waals surface area contributed by atoms with Crippen molar-refractivity contribution in [2.24, 2.45) is 0 Å². The molecule has 1 fully saturated rings. The van der Waals surface area contributed by atoms with E-state index in [0.717, 1.165) is 59.3 Å². The molecule has 0 atom stereocenters. The van der Waals surface area contributed by atoms with E-state index in [1.54, 1.807) is 11.3 Å². The number of carbonyl (C=O) groups is 1. The van der Waals surface area contributed by atoms with Crippen LogP contribution in [0.5, 0.6) is 0 Å². The molecule has 0 saturated carbocycles. The molecule has 2 heterocycles. The fraction of sp³-hybridized carbons (Fsp3) is 0.417. The van der Waals surface area contributed by atoms with Crippen molar-refractivity contribution in [2.45, 2.75) is 27.7 Å². The number of quaternary nitrogens is 1. The molecule has 0 unspecified atom stereocenters. The smallest absolute Gasteiger partial charge is 0.260 e. The van der Waals surface area contributed by atoms with Crippen LogP contribution in [0.3, 0.4) is 0 Å². The fourth-order valence-corrected chi connectivity index (χ4v) is 4.87. The van der Waals surface area contributed by atoms with Crippen LogP contribution in [0.25, 0.3) is 10.2 Å². The van der Waals surface area contributed by atoms with Gasteiger partial charge in [0.15, 0.2) is 5.13 Å². The highest BCUT2D eigenvalue weighted by Crippen LogP contribution is 2.32. The molecule has 0 bridgehead atoms. The predicted molar refractivity (Wildman–Crippen MR) is 123 cm³/mol. The average molecular weight is 425 g/mol. The molecular formula is C24H30N3O2S+. The van der Waals surface area contributed by atoms with Crippen molar-refractivity contribution in [1.29, 1.82) is 0 Å². The third-order valence-electron chi connectivity index (χ3n) is 6.19. The summed E-state index contributed by atoms with van der Waals surface area (Å²) in [5, 5.41) is 0.787. The summed E-state index contributed by atoms with van der Waals surface area (Å²) in [6.07, 6.45) is 0. The van der Waals surface area contributed by atoms with Crippen molar-refractivity contribution >= 4 is 32.6 Å². The quantitative estimate of drug-likeness (QED) is 0.685. The van der Waals surface area contributed by atoms with Gasteiger partial charge in [0.1, 0.15) is 13.1 Å². The van der Waals surface area contributed by atoms with Crippen molar-refractivity contribution in [3.63, 3.8) is 0 Å². The number of aryl methyl sites for hydroxylation is 4. The van der Waals surface area contributed by atoms with Crippen LogP contribution >= 0.6 is 11.3 Å². The Morgan fingerprint density at radius 1 is 1.07 bits per heavy atom. The second-order valence-corrected chi connectivity index (χ2v) is 9.23. The number of amides is 1. The van der Waals surface area contributed by atoms with Crippen LogP contribution in [0.1, 0.15) is 32.6 Å². The topological polar surface area (TPSA) is 46.9 Å². The summed E-state index contributed by atoms with van der Waals surface area (Å²) < 4.78 is 6.61. The molecule has 1 aromatic heterocycles. The van der Waals surface area contributed by atoms with E-state index in [2.05, 4.69) is 39.8 Å². The highest BCUT2D eigenvalue weighted by Gasteiger charge is 2.24. The van der Waals surface area contributed by atoms with Gasteiger partial charge in [-0.1, -0.05) is 23.5 Å². The lowest BCUT2D eigenvalue weighted by molar-refractivity contribution is -0.906. The molecule has 1 saturated heterocycles. The van der Waals surface area contributed by atoms with Crippen LogP contribution in [-0.4, -0.2) is 50.3 Å². The normalized spacial score (nSPS) is 14.9. The van der Waals surface area contributed by atoms with E-state index in [9.17, 15) is 4.79 Å². The van der Waals surface area contributed by atoms with Crippen molar-refractivity contribution in [3.8, 4) is 0 Å². The molecule has 1 amide bonds. The van der Waals surface area contributed by atoms with Crippen LogP contribution in [0, 0.1) is 27.7 Å². The molecule has 0 radical (unpaired) electrons. The van der Waals surface area contributed by atoms with E-state index >= 15 is 0 Å². The first-order valence-corrected chi connectivity index (χ1v) is 11.4. The Hall–Kier alpha value is -2.28. The molecule has 0 spiro atoms. The minimum absolute atomic E-state index is 0.0270. The van der Waals surface area contributed by atoms with Crippen LogP contribution < -0.4 is 9.80 Å². The zero-order chi connectivity index (χ0) is 21.3. The second kappa shape index (κ2) is 8.84. The van der Waals surface area contributed by atoms with Gasteiger partial charge >= 0.3 is 0 Å². The van der Waals surface area contributed by atoms with E-state index in [0.29, 0.717) is 6.54 Å². The number of carbonyl (C=O) groups excluding carboxylic acids is 1. The molecule has 158 valence electrons. The van der Waals surface area contributed by atoms with Gasteiger partial charge in [-0.3, -0.25) is 9.69 Å². The zero-order valence-electron chi connectivity index (χ0n) is 18.2. The molecule has 4 rings (SSSR count). The number of anilines is 1. The van der Waals surface area contributed by atoms with Gasteiger partial charge < -0.3 is 9.64 Å². The molecule has 2 aromatic carbocycles. The number of hydrogen-bond donors (Lipinski definition) is 1. The summed E-state index contributed by atoms with van der Waals surface area (Å²) in [6, 6.07) is 10.2. The summed E-state index contributed by atoms with van der Waals surface area (Å²) in [6.45, 7) is 13.4. The number of fused-ring (bicyclic) bond motifs is 1. The summed E-state index contributed by atoms with van der Waals surface area (Å²) in [4.78, 5) is 21.8. The number of aromatic nitrogens is 1. The summed E-state index contributed by atoms with van der Waals surface area (Å²) in [5.74, 6) is 0.0270. The Labute approximate surface area is 182 Å².